The predicted octanol–water partition coefficient (Wildman–Crippen LogP) is 0.466. The first-order chi connectivity index (χ1) is 6.81. The fourth-order valence-corrected chi connectivity index (χ4v) is 1.66. The van der Waals surface area contributed by atoms with Gasteiger partial charge in [0.2, 0.25) is 0 Å². The number of carbonyl (C=O) groups excluding carboxylic acids is 1. The summed E-state index contributed by atoms with van der Waals surface area (Å²) in [4.78, 5) is 12.5. The Kier molecular flexibility index (Phi) is 2.67. The summed E-state index contributed by atoms with van der Waals surface area (Å²) < 4.78 is 0. The maximum absolute atomic E-state index is 11.0. The van der Waals surface area contributed by atoms with E-state index in [1.165, 1.54) is 4.79 Å². The summed E-state index contributed by atoms with van der Waals surface area (Å²) in [6, 6.07) is 0. The van der Waals surface area contributed by atoms with E-state index in [4.69, 9.17) is 11.6 Å². The van der Waals surface area contributed by atoms with E-state index in [0.717, 1.165) is 37.1 Å². The van der Waals surface area contributed by atoms with Gasteiger partial charge in [-0.3, -0.25) is 4.79 Å². The number of alkyl halides is 1. The number of amides is 1. The van der Waals surface area contributed by atoms with Gasteiger partial charge in [0.25, 0.3) is 5.91 Å². The van der Waals surface area contributed by atoms with Crippen LogP contribution in [0.4, 0.5) is 0 Å². The van der Waals surface area contributed by atoms with Crippen molar-refractivity contribution < 1.29 is 4.79 Å². The first-order valence-electron chi connectivity index (χ1n) is 4.60. The number of nitrogens with one attached hydrogen (secondary N) is 1. The van der Waals surface area contributed by atoms with Gasteiger partial charge in [0.15, 0.2) is 0 Å². The number of aryl methyl sites for hydroxylation is 1. The quantitative estimate of drug-likeness (QED) is 0.728. The van der Waals surface area contributed by atoms with Gasteiger partial charge in [0.1, 0.15) is 5.88 Å². The van der Waals surface area contributed by atoms with E-state index in [1.807, 2.05) is 0 Å². The van der Waals surface area contributed by atoms with E-state index in [-0.39, 0.29) is 11.8 Å². The maximum atomic E-state index is 11.0. The molecule has 1 amide bonds. The Morgan fingerprint density at radius 2 is 2.29 bits per heavy atom. The fourth-order valence-electron chi connectivity index (χ4n) is 1.60. The molecule has 5 nitrogen and oxygen atoms in total. The summed E-state index contributed by atoms with van der Waals surface area (Å²) in [5.74, 6) is -0.320. The molecule has 0 fully saturated rings. The number of rotatable bonds is 2. The van der Waals surface area contributed by atoms with Crippen molar-refractivity contribution in [3.05, 3.63) is 11.4 Å². The Labute approximate surface area is 86.4 Å². The standard InChI is InChI=1S/C8H11ClN4O/c9-5-8(14)11-13-7-4-2-1-3-6(7)10-12-13/h1-5H2,(H,11,14). The third-order valence-electron chi connectivity index (χ3n) is 2.27. The summed E-state index contributed by atoms with van der Waals surface area (Å²) in [5.41, 5.74) is 4.57. The van der Waals surface area contributed by atoms with Crippen LogP contribution in [0.2, 0.25) is 0 Å². The normalized spacial score (nSPS) is 14.9. The van der Waals surface area contributed by atoms with Crippen molar-refractivity contribution in [1.82, 2.24) is 15.1 Å². The molecule has 0 saturated carbocycles. The lowest BCUT2D eigenvalue weighted by atomic mass is 10.0. The van der Waals surface area contributed by atoms with Crippen molar-refractivity contribution >= 4 is 17.5 Å². The number of fused-ring (bicyclic) bond motifs is 1. The van der Waals surface area contributed by atoms with Crippen LogP contribution in [-0.4, -0.2) is 26.9 Å². The van der Waals surface area contributed by atoms with Gasteiger partial charge in [-0.2, -0.15) is 4.79 Å². The lowest BCUT2D eigenvalue weighted by molar-refractivity contribution is -0.115. The van der Waals surface area contributed by atoms with Crippen LogP contribution in [0.3, 0.4) is 0 Å². The molecule has 76 valence electrons. The average Bonchev–Trinajstić information content (AvgIpc) is 2.62. The molecule has 0 unspecified atom stereocenters. The second-order valence-electron chi connectivity index (χ2n) is 3.27. The molecule has 6 heteroatoms. The molecule has 1 aliphatic carbocycles. The van der Waals surface area contributed by atoms with Crippen LogP contribution in [0.25, 0.3) is 0 Å². The van der Waals surface area contributed by atoms with Crippen molar-refractivity contribution in [2.75, 3.05) is 11.3 Å². The minimum Gasteiger partial charge on any atom is -0.272 e. The number of halogens is 1. The highest BCUT2D eigenvalue weighted by Gasteiger charge is 2.17. The van der Waals surface area contributed by atoms with E-state index in [9.17, 15) is 4.79 Å². The largest absolute Gasteiger partial charge is 0.272 e. The van der Waals surface area contributed by atoms with Gasteiger partial charge >= 0.3 is 0 Å². The molecule has 2 rings (SSSR count). The van der Waals surface area contributed by atoms with Crippen LogP contribution in [0.15, 0.2) is 0 Å². The highest BCUT2D eigenvalue weighted by molar-refractivity contribution is 6.28. The molecule has 0 spiro atoms. The van der Waals surface area contributed by atoms with Gasteiger partial charge in [0, 0.05) is 0 Å². The van der Waals surface area contributed by atoms with E-state index in [2.05, 4.69) is 15.7 Å². The molecule has 1 aromatic heterocycles. The molecule has 14 heavy (non-hydrogen) atoms. The summed E-state index contributed by atoms with van der Waals surface area (Å²) in [6.07, 6.45) is 4.14. The molecule has 1 aliphatic rings. The molecule has 1 heterocycles. The second-order valence-corrected chi connectivity index (χ2v) is 3.54. The van der Waals surface area contributed by atoms with E-state index < -0.39 is 0 Å². The molecular weight excluding hydrogens is 204 g/mol. The number of hydrogen-bond acceptors (Lipinski definition) is 3. The van der Waals surface area contributed by atoms with E-state index in [1.54, 1.807) is 0 Å². The fraction of sp³-hybridized carbons (Fsp3) is 0.625. The van der Waals surface area contributed by atoms with Crippen molar-refractivity contribution in [3.8, 4) is 0 Å². The van der Waals surface area contributed by atoms with Crippen molar-refractivity contribution in [2.45, 2.75) is 25.7 Å². The minimum absolute atomic E-state index is 0.0609. The average molecular weight is 215 g/mol. The lowest BCUT2D eigenvalue weighted by Gasteiger charge is -2.11. The van der Waals surface area contributed by atoms with Crippen molar-refractivity contribution in [2.24, 2.45) is 0 Å². The predicted molar refractivity (Wildman–Crippen MR) is 51.8 cm³/mol. The van der Waals surface area contributed by atoms with Crippen LogP contribution in [-0.2, 0) is 17.6 Å². The number of aromatic nitrogens is 3. The third-order valence-corrected chi connectivity index (χ3v) is 2.52. The Bertz CT molecular complexity index is 349. The van der Waals surface area contributed by atoms with Gasteiger partial charge in [-0.15, -0.1) is 16.7 Å². The zero-order valence-electron chi connectivity index (χ0n) is 7.66. The molecular formula is C8H11ClN4O. The molecule has 0 radical (unpaired) electrons. The van der Waals surface area contributed by atoms with Gasteiger partial charge in [0.05, 0.1) is 11.4 Å². The van der Waals surface area contributed by atoms with Crippen LogP contribution < -0.4 is 5.43 Å². The second kappa shape index (κ2) is 3.96. The molecule has 0 atom stereocenters. The molecule has 0 aromatic carbocycles. The monoisotopic (exact) mass is 214 g/mol. The molecule has 0 aliphatic heterocycles. The highest BCUT2D eigenvalue weighted by atomic mass is 35.5. The summed E-state index contributed by atoms with van der Waals surface area (Å²) in [7, 11) is 0. The van der Waals surface area contributed by atoms with Crippen molar-refractivity contribution in [3.63, 3.8) is 0 Å². The first-order valence-corrected chi connectivity index (χ1v) is 5.14. The van der Waals surface area contributed by atoms with Gasteiger partial charge in [-0.05, 0) is 30.9 Å². The Hall–Kier alpha value is -1.10. The maximum Gasteiger partial charge on any atom is 0.255 e. The van der Waals surface area contributed by atoms with E-state index in [0.29, 0.717) is 0 Å². The topological polar surface area (TPSA) is 59.8 Å². The van der Waals surface area contributed by atoms with E-state index >= 15 is 0 Å². The molecule has 0 saturated heterocycles. The summed E-state index contributed by atoms with van der Waals surface area (Å²) >= 11 is 5.38. The highest BCUT2D eigenvalue weighted by Crippen LogP contribution is 2.17. The lowest BCUT2D eigenvalue weighted by Crippen LogP contribution is -2.27. The zero-order chi connectivity index (χ0) is 9.97. The molecule has 1 N–H and O–H groups in total. The van der Waals surface area contributed by atoms with Crippen LogP contribution >= 0.6 is 11.6 Å². The third kappa shape index (κ3) is 1.72. The van der Waals surface area contributed by atoms with Gasteiger partial charge < -0.3 is 0 Å². The minimum atomic E-state index is -0.259. The zero-order valence-corrected chi connectivity index (χ0v) is 8.42. The summed E-state index contributed by atoms with van der Waals surface area (Å²) in [6.45, 7) is 0. The van der Waals surface area contributed by atoms with Crippen LogP contribution in [0.1, 0.15) is 24.2 Å². The van der Waals surface area contributed by atoms with Crippen LogP contribution in [0.5, 0.6) is 0 Å². The molecule has 1 aromatic rings. The SMILES string of the molecule is O=C(CCl)Nn1nnc2c1CCCC2. The van der Waals surface area contributed by atoms with Crippen molar-refractivity contribution in [1.29, 1.82) is 0 Å². The Morgan fingerprint density at radius 3 is 3.07 bits per heavy atom. The smallest absolute Gasteiger partial charge is 0.255 e. The Balaban J connectivity index is 2.18. The molecule has 0 bridgehead atoms. The Morgan fingerprint density at radius 1 is 1.50 bits per heavy atom. The first kappa shape index (κ1) is 9.45. The van der Waals surface area contributed by atoms with Gasteiger partial charge in [-0.25, -0.2) is 5.43 Å². The number of nitrogens with zero attached hydrogens (tertiary/aromatic N) is 3. The summed E-state index contributed by atoms with van der Waals surface area (Å²) in [5, 5.41) is 7.86. The number of carbonyl (C=O) groups is 1. The van der Waals surface area contributed by atoms with Gasteiger partial charge in [-0.1, -0.05) is 0 Å². The van der Waals surface area contributed by atoms with Crippen LogP contribution in [0, 0.1) is 0 Å². The number of hydrogen-bond donors (Lipinski definition) is 1.